The van der Waals surface area contributed by atoms with Gasteiger partial charge >= 0.3 is 17.9 Å². The molecule has 0 saturated heterocycles. The molecular formula is C10H10O6. The van der Waals surface area contributed by atoms with Crippen LogP contribution in [0.4, 0.5) is 0 Å². The highest BCUT2D eigenvalue weighted by molar-refractivity contribution is 5.99. The second-order valence-electron chi connectivity index (χ2n) is 2.42. The van der Waals surface area contributed by atoms with Crippen LogP contribution in [0.1, 0.15) is 6.42 Å². The minimum absolute atomic E-state index is 0.348. The average Bonchev–Trinajstić information content (AvgIpc) is 2.16. The molecule has 6 nitrogen and oxygen atoms in total. The van der Waals surface area contributed by atoms with Crippen molar-refractivity contribution in [3.63, 3.8) is 0 Å². The maximum atomic E-state index is 11.2. The Morgan fingerprint density at radius 2 is 1.69 bits per heavy atom. The lowest BCUT2D eigenvalue weighted by molar-refractivity contribution is -0.140. The van der Waals surface area contributed by atoms with E-state index in [2.05, 4.69) is 22.6 Å². The Labute approximate surface area is 91.5 Å². The fourth-order valence-corrected chi connectivity index (χ4v) is 0.755. The van der Waals surface area contributed by atoms with Crippen LogP contribution < -0.4 is 0 Å². The SMILES string of the molecule is C=COC(=O)/C=C(\CC(=O)O)C(=O)OC=C. The van der Waals surface area contributed by atoms with E-state index in [1.165, 1.54) is 0 Å². The van der Waals surface area contributed by atoms with Crippen molar-refractivity contribution in [2.45, 2.75) is 6.42 Å². The van der Waals surface area contributed by atoms with E-state index in [9.17, 15) is 14.4 Å². The highest BCUT2D eigenvalue weighted by Crippen LogP contribution is 2.05. The third-order valence-electron chi connectivity index (χ3n) is 1.29. The van der Waals surface area contributed by atoms with Crippen LogP contribution in [-0.2, 0) is 23.9 Å². The smallest absolute Gasteiger partial charge is 0.339 e. The van der Waals surface area contributed by atoms with Crippen LogP contribution in [0.3, 0.4) is 0 Å². The summed E-state index contributed by atoms with van der Waals surface area (Å²) in [6, 6.07) is 0. The topological polar surface area (TPSA) is 89.9 Å². The maximum absolute atomic E-state index is 11.2. The molecule has 0 atom stereocenters. The molecule has 16 heavy (non-hydrogen) atoms. The standard InChI is InChI=1S/C10H10O6/c1-3-15-9(13)6-7(5-8(11)12)10(14)16-4-2/h3-4,6H,1-2,5H2,(H,11,12)/b7-6+. The normalized spacial score (nSPS) is 10.1. The highest BCUT2D eigenvalue weighted by Gasteiger charge is 2.16. The summed E-state index contributed by atoms with van der Waals surface area (Å²) in [7, 11) is 0. The number of carbonyl (C=O) groups excluding carboxylic acids is 2. The minimum Gasteiger partial charge on any atom is -0.481 e. The molecule has 0 aliphatic rings. The first-order valence-electron chi connectivity index (χ1n) is 4.07. The van der Waals surface area contributed by atoms with Gasteiger partial charge in [-0.2, -0.15) is 0 Å². The fourth-order valence-electron chi connectivity index (χ4n) is 0.755. The molecule has 86 valence electrons. The predicted molar refractivity (Wildman–Crippen MR) is 52.9 cm³/mol. The summed E-state index contributed by atoms with van der Waals surface area (Å²) >= 11 is 0. The van der Waals surface area contributed by atoms with E-state index in [1.807, 2.05) is 0 Å². The minimum atomic E-state index is -1.28. The van der Waals surface area contributed by atoms with Gasteiger partial charge in [0.05, 0.1) is 24.5 Å². The maximum Gasteiger partial charge on any atom is 0.339 e. The lowest BCUT2D eigenvalue weighted by Crippen LogP contribution is -2.11. The molecule has 0 radical (unpaired) electrons. The molecule has 0 aromatic carbocycles. The Morgan fingerprint density at radius 1 is 1.12 bits per heavy atom. The third kappa shape index (κ3) is 5.38. The molecule has 0 heterocycles. The first-order valence-corrected chi connectivity index (χ1v) is 4.07. The van der Waals surface area contributed by atoms with Crippen LogP contribution >= 0.6 is 0 Å². The quantitative estimate of drug-likeness (QED) is 0.408. The van der Waals surface area contributed by atoms with E-state index in [-0.39, 0.29) is 5.57 Å². The van der Waals surface area contributed by atoms with Gasteiger partial charge in [0.15, 0.2) is 0 Å². The second kappa shape index (κ2) is 6.99. The Bertz CT molecular complexity index is 352. The van der Waals surface area contributed by atoms with E-state index >= 15 is 0 Å². The monoisotopic (exact) mass is 226 g/mol. The Hall–Kier alpha value is -2.37. The summed E-state index contributed by atoms with van der Waals surface area (Å²) in [5, 5.41) is 8.50. The number of carboxylic acid groups (broad SMARTS) is 1. The molecule has 0 fully saturated rings. The molecule has 0 saturated carbocycles. The molecule has 0 bridgehead atoms. The molecule has 0 amide bonds. The molecule has 6 heteroatoms. The molecule has 0 rings (SSSR count). The molecule has 0 aromatic rings. The number of hydrogen-bond acceptors (Lipinski definition) is 5. The number of rotatable bonds is 6. The van der Waals surface area contributed by atoms with Crippen LogP contribution in [0, 0.1) is 0 Å². The zero-order valence-electron chi connectivity index (χ0n) is 8.34. The van der Waals surface area contributed by atoms with Gasteiger partial charge in [0.1, 0.15) is 0 Å². The van der Waals surface area contributed by atoms with Crippen molar-refractivity contribution >= 4 is 17.9 Å². The van der Waals surface area contributed by atoms with Crippen molar-refractivity contribution in [2.75, 3.05) is 0 Å². The van der Waals surface area contributed by atoms with Gasteiger partial charge in [0.2, 0.25) is 0 Å². The number of esters is 2. The van der Waals surface area contributed by atoms with Gasteiger partial charge in [0.25, 0.3) is 0 Å². The molecular weight excluding hydrogens is 216 g/mol. The van der Waals surface area contributed by atoms with E-state index < -0.39 is 24.3 Å². The molecule has 1 N–H and O–H groups in total. The van der Waals surface area contributed by atoms with Gasteiger partial charge < -0.3 is 14.6 Å². The molecule has 0 spiro atoms. The van der Waals surface area contributed by atoms with Crippen molar-refractivity contribution in [3.8, 4) is 0 Å². The van der Waals surface area contributed by atoms with E-state index in [4.69, 9.17) is 5.11 Å². The van der Waals surface area contributed by atoms with E-state index in [0.717, 1.165) is 18.6 Å². The summed E-state index contributed by atoms with van der Waals surface area (Å²) in [4.78, 5) is 32.5. The van der Waals surface area contributed by atoms with Crippen LogP contribution in [-0.4, -0.2) is 23.0 Å². The predicted octanol–water partition coefficient (Wildman–Crippen LogP) is 0.761. The zero-order valence-corrected chi connectivity index (χ0v) is 8.34. The van der Waals surface area contributed by atoms with Gasteiger partial charge in [-0.15, -0.1) is 0 Å². The summed E-state index contributed by atoms with van der Waals surface area (Å²) in [6.07, 6.45) is 1.76. The van der Waals surface area contributed by atoms with Crippen LogP contribution in [0.15, 0.2) is 37.3 Å². The summed E-state index contributed by atoms with van der Waals surface area (Å²) in [5.74, 6) is -3.16. The Morgan fingerprint density at radius 3 is 2.12 bits per heavy atom. The first kappa shape index (κ1) is 13.6. The lowest BCUT2D eigenvalue weighted by atomic mass is 10.2. The molecule has 0 aromatic heterocycles. The second-order valence-corrected chi connectivity index (χ2v) is 2.42. The van der Waals surface area contributed by atoms with Crippen LogP contribution in [0.5, 0.6) is 0 Å². The van der Waals surface area contributed by atoms with E-state index in [0.29, 0.717) is 0 Å². The van der Waals surface area contributed by atoms with Crippen LogP contribution in [0.2, 0.25) is 0 Å². The third-order valence-corrected chi connectivity index (χ3v) is 1.29. The number of ether oxygens (including phenoxy) is 2. The van der Waals surface area contributed by atoms with Gasteiger partial charge in [-0.05, 0) is 0 Å². The summed E-state index contributed by atoms with van der Waals surface area (Å²) < 4.78 is 8.65. The largest absolute Gasteiger partial charge is 0.481 e. The average molecular weight is 226 g/mol. The Kier molecular flexibility index (Phi) is 5.96. The summed E-state index contributed by atoms with van der Waals surface area (Å²) in [5.41, 5.74) is -0.348. The van der Waals surface area contributed by atoms with Crippen LogP contribution in [0.25, 0.3) is 0 Å². The number of hydrogen-bond donors (Lipinski definition) is 1. The van der Waals surface area contributed by atoms with Gasteiger partial charge in [0, 0.05) is 6.08 Å². The van der Waals surface area contributed by atoms with Crippen molar-refractivity contribution < 1.29 is 29.0 Å². The molecule has 0 aliphatic carbocycles. The number of aliphatic carboxylic acids is 1. The number of carbonyl (C=O) groups is 3. The molecule has 0 aliphatic heterocycles. The van der Waals surface area contributed by atoms with Crippen molar-refractivity contribution in [1.82, 2.24) is 0 Å². The number of carboxylic acids is 1. The Balaban J connectivity index is 4.83. The lowest BCUT2D eigenvalue weighted by Gasteiger charge is -2.01. The van der Waals surface area contributed by atoms with Gasteiger partial charge in [-0.3, -0.25) is 4.79 Å². The fraction of sp³-hybridized carbons (Fsp3) is 0.100. The van der Waals surface area contributed by atoms with Crippen molar-refractivity contribution in [3.05, 3.63) is 37.3 Å². The zero-order chi connectivity index (χ0) is 12.6. The molecule has 0 unspecified atom stereocenters. The first-order chi connectivity index (χ1) is 7.51. The van der Waals surface area contributed by atoms with Crippen molar-refractivity contribution in [2.24, 2.45) is 0 Å². The highest BCUT2D eigenvalue weighted by atomic mass is 16.5. The van der Waals surface area contributed by atoms with Gasteiger partial charge in [-0.25, -0.2) is 9.59 Å². The summed E-state index contributed by atoms with van der Waals surface area (Å²) in [6.45, 7) is 6.26. The van der Waals surface area contributed by atoms with Gasteiger partial charge in [-0.1, -0.05) is 13.2 Å². The van der Waals surface area contributed by atoms with Crippen molar-refractivity contribution in [1.29, 1.82) is 0 Å². The van der Waals surface area contributed by atoms with E-state index in [1.54, 1.807) is 0 Å².